The molecule has 0 amide bonds. The molecule has 0 N–H and O–H groups in total. The van der Waals surface area contributed by atoms with Crippen molar-refractivity contribution in [1.82, 2.24) is 0 Å². The third-order valence-corrected chi connectivity index (χ3v) is 2.38. The maximum Gasteiger partial charge on any atom is 0.0669 e. The van der Waals surface area contributed by atoms with Crippen LogP contribution in [0.5, 0.6) is 0 Å². The van der Waals surface area contributed by atoms with Crippen molar-refractivity contribution in [2.45, 2.75) is 32.6 Å². The van der Waals surface area contributed by atoms with E-state index < -0.39 is 0 Å². The lowest BCUT2D eigenvalue weighted by Crippen LogP contribution is -2.13. The van der Waals surface area contributed by atoms with Crippen molar-refractivity contribution in [3.63, 3.8) is 0 Å². The highest BCUT2D eigenvalue weighted by Crippen LogP contribution is 2.28. The van der Waals surface area contributed by atoms with Crippen LogP contribution in [0, 0.1) is 11.3 Å². The predicted octanol–water partition coefficient (Wildman–Crippen LogP) is 3.70. The zero-order valence-electron chi connectivity index (χ0n) is 8.76. The smallest absolute Gasteiger partial charge is 0.0669 e. The Morgan fingerprint density at radius 1 is 1.36 bits per heavy atom. The molecule has 0 bridgehead atoms. The van der Waals surface area contributed by atoms with Gasteiger partial charge in [-0.1, -0.05) is 38.4 Å². The molecule has 2 heteroatoms. The highest BCUT2D eigenvalue weighted by molar-refractivity contribution is 6.30. The SMILES string of the molecule is CC(C)(C)c1ccc(Cl)cc1CC#N. The highest BCUT2D eigenvalue weighted by atomic mass is 35.5. The normalized spacial score (nSPS) is 11.1. The summed E-state index contributed by atoms with van der Waals surface area (Å²) in [6, 6.07) is 7.93. The monoisotopic (exact) mass is 207 g/mol. The van der Waals surface area contributed by atoms with Gasteiger partial charge in [0.05, 0.1) is 12.5 Å². The first kappa shape index (κ1) is 11.1. The molecule has 0 radical (unpaired) electrons. The van der Waals surface area contributed by atoms with Gasteiger partial charge in [-0.3, -0.25) is 0 Å². The quantitative estimate of drug-likeness (QED) is 0.689. The van der Waals surface area contributed by atoms with Crippen molar-refractivity contribution in [3.05, 3.63) is 34.3 Å². The summed E-state index contributed by atoms with van der Waals surface area (Å²) in [5, 5.41) is 9.41. The molecule has 0 aliphatic rings. The van der Waals surface area contributed by atoms with Gasteiger partial charge in [0.2, 0.25) is 0 Å². The highest BCUT2D eigenvalue weighted by Gasteiger charge is 2.17. The van der Waals surface area contributed by atoms with Crippen LogP contribution in [0.25, 0.3) is 0 Å². The molecular formula is C12H14ClN. The topological polar surface area (TPSA) is 23.8 Å². The molecule has 0 aliphatic heterocycles. The van der Waals surface area contributed by atoms with Gasteiger partial charge in [-0.25, -0.2) is 0 Å². The number of nitrogens with zero attached hydrogens (tertiary/aromatic N) is 1. The summed E-state index contributed by atoms with van der Waals surface area (Å²) < 4.78 is 0. The Kier molecular flexibility index (Phi) is 3.18. The van der Waals surface area contributed by atoms with Gasteiger partial charge in [0.15, 0.2) is 0 Å². The lowest BCUT2D eigenvalue weighted by Gasteiger charge is -2.22. The summed E-state index contributed by atoms with van der Waals surface area (Å²) in [6.45, 7) is 6.41. The van der Waals surface area contributed by atoms with Gasteiger partial charge < -0.3 is 0 Å². The summed E-state index contributed by atoms with van der Waals surface area (Å²) >= 11 is 5.89. The predicted molar refractivity (Wildman–Crippen MR) is 59.5 cm³/mol. The standard InChI is InChI=1S/C12H14ClN/c1-12(2,3)11-5-4-10(13)8-9(11)6-7-14/h4-5,8H,6H2,1-3H3. The van der Waals surface area contributed by atoms with Crippen molar-refractivity contribution < 1.29 is 0 Å². The molecule has 0 saturated heterocycles. The average Bonchev–Trinajstić information content (AvgIpc) is 2.02. The Labute approximate surface area is 90.3 Å². The van der Waals surface area contributed by atoms with Crippen LogP contribution in [0.2, 0.25) is 5.02 Å². The van der Waals surface area contributed by atoms with Crippen molar-refractivity contribution >= 4 is 11.6 Å². The summed E-state index contributed by atoms with van der Waals surface area (Å²) in [5.74, 6) is 0. The fraction of sp³-hybridized carbons (Fsp3) is 0.417. The molecular weight excluding hydrogens is 194 g/mol. The Morgan fingerprint density at radius 2 is 2.00 bits per heavy atom. The van der Waals surface area contributed by atoms with E-state index in [0.29, 0.717) is 11.4 Å². The van der Waals surface area contributed by atoms with E-state index in [9.17, 15) is 0 Å². The molecule has 74 valence electrons. The van der Waals surface area contributed by atoms with Gasteiger partial charge in [0.1, 0.15) is 0 Å². The fourth-order valence-corrected chi connectivity index (χ4v) is 1.72. The second-order valence-electron chi connectivity index (χ2n) is 4.39. The van der Waals surface area contributed by atoms with Crippen LogP contribution < -0.4 is 0 Å². The van der Waals surface area contributed by atoms with E-state index in [1.165, 1.54) is 5.56 Å². The lowest BCUT2D eigenvalue weighted by molar-refractivity contribution is 0.584. The first-order valence-corrected chi connectivity index (χ1v) is 4.99. The van der Waals surface area contributed by atoms with E-state index >= 15 is 0 Å². The van der Waals surface area contributed by atoms with E-state index in [0.717, 1.165) is 5.56 Å². The summed E-state index contributed by atoms with van der Waals surface area (Å²) in [5.41, 5.74) is 2.30. The summed E-state index contributed by atoms with van der Waals surface area (Å²) in [6.07, 6.45) is 0.424. The van der Waals surface area contributed by atoms with Crippen LogP contribution in [0.1, 0.15) is 31.9 Å². The molecule has 0 spiro atoms. The van der Waals surface area contributed by atoms with E-state index in [-0.39, 0.29) is 5.41 Å². The average molecular weight is 208 g/mol. The van der Waals surface area contributed by atoms with Gasteiger partial charge >= 0.3 is 0 Å². The van der Waals surface area contributed by atoms with Crippen LogP contribution in [0.3, 0.4) is 0 Å². The largest absolute Gasteiger partial charge is 0.198 e. The van der Waals surface area contributed by atoms with E-state index in [1.807, 2.05) is 18.2 Å². The molecule has 1 aromatic rings. The van der Waals surface area contributed by atoms with Crippen LogP contribution >= 0.6 is 11.6 Å². The van der Waals surface area contributed by atoms with Gasteiger partial charge in [0.25, 0.3) is 0 Å². The maximum absolute atomic E-state index is 8.71. The summed E-state index contributed by atoms with van der Waals surface area (Å²) in [4.78, 5) is 0. The third kappa shape index (κ3) is 2.49. The number of nitriles is 1. The Hall–Kier alpha value is -1.00. The minimum atomic E-state index is 0.0662. The number of rotatable bonds is 1. The second kappa shape index (κ2) is 4.02. The molecule has 1 nitrogen and oxygen atoms in total. The zero-order valence-corrected chi connectivity index (χ0v) is 9.52. The fourth-order valence-electron chi connectivity index (χ4n) is 1.53. The third-order valence-electron chi connectivity index (χ3n) is 2.14. The van der Waals surface area contributed by atoms with Gasteiger partial charge in [-0.05, 0) is 28.7 Å². The maximum atomic E-state index is 8.71. The molecule has 1 rings (SSSR count). The van der Waals surface area contributed by atoms with E-state index in [4.69, 9.17) is 16.9 Å². The van der Waals surface area contributed by atoms with Crippen LogP contribution in [-0.2, 0) is 11.8 Å². The van der Waals surface area contributed by atoms with Gasteiger partial charge in [-0.2, -0.15) is 5.26 Å². The first-order valence-electron chi connectivity index (χ1n) is 4.61. The van der Waals surface area contributed by atoms with Gasteiger partial charge in [0, 0.05) is 5.02 Å². The molecule has 0 saturated carbocycles. The molecule has 0 unspecified atom stereocenters. The van der Waals surface area contributed by atoms with Crippen molar-refractivity contribution in [2.24, 2.45) is 0 Å². The zero-order chi connectivity index (χ0) is 10.8. The van der Waals surface area contributed by atoms with Crippen molar-refractivity contribution in [1.29, 1.82) is 5.26 Å². The minimum absolute atomic E-state index is 0.0662. The number of hydrogen-bond acceptors (Lipinski definition) is 1. The minimum Gasteiger partial charge on any atom is -0.198 e. The molecule has 14 heavy (non-hydrogen) atoms. The van der Waals surface area contributed by atoms with Crippen molar-refractivity contribution in [2.75, 3.05) is 0 Å². The number of hydrogen-bond donors (Lipinski definition) is 0. The molecule has 0 aromatic heterocycles. The number of benzene rings is 1. The Bertz CT molecular complexity index is 369. The summed E-state index contributed by atoms with van der Waals surface area (Å²) in [7, 11) is 0. The Balaban J connectivity index is 3.23. The first-order chi connectivity index (χ1) is 6.45. The molecule has 0 fully saturated rings. The molecule has 0 heterocycles. The van der Waals surface area contributed by atoms with Crippen LogP contribution in [-0.4, -0.2) is 0 Å². The second-order valence-corrected chi connectivity index (χ2v) is 4.82. The van der Waals surface area contributed by atoms with Crippen LogP contribution in [0.15, 0.2) is 18.2 Å². The van der Waals surface area contributed by atoms with Crippen LogP contribution in [0.4, 0.5) is 0 Å². The number of halogens is 1. The van der Waals surface area contributed by atoms with E-state index in [1.54, 1.807) is 0 Å². The lowest BCUT2D eigenvalue weighted by atomic mass is 9.83. The van der Waals surface area contributed by atoms with Crippen molar-refractivity contribution in [3.8, 4) is 6.07 Å². The molecule has 0 aliphatic carbocycles. The molecule has 1 aromatic carbocycles. The van der Waals surface area contributed by atoms with Gasteiger partial charge in [-0.15, -0.1) is 0 Å². The Morgan fingerprint density at radius 3 is 2.50 bits per heavy atom. The molecule has 0 atom stereocenters. The van der Waals surface area contributed by atoms with E-state index in [2.05, 4.69) is 26.8 Å².